The summed E-state index contributed by atoms with van der Waals surface area (Å²) in [4.78, 5) is 29.0. The van der Waals surface area contributed by atoms with Crippen LogP contribution in [0.2, 0.25) is 0 Å². The average molecular weight is 377 g/mol. The van der Waals surface area contributed by atoms with Crippen LogP contribution in [0.15, 0.2) is 65.8 Å². The van der Waals surface area contributed by atoms with Crippen molar-refractivity contribution in [1.82, 2.24) is 19.3 Å². The van der Waals surface area contributed by atoms with Crippen molar-refractivity contribution in [3.05, 3.63) is 82.9 Å². The fourth-order valence-electron chi connectivity index (χ4n) is 2.95. The number of hydrogen-bond acceptors (Lipinski definition) is 4. The molecular weight excluding hydrogens is 361 g/mol. The van der Waals surface area contributed by atoms with Crippen molar-refractivity contribution in [2.45, 2.75) is 13.5 Å². The molecule has 0 aliphatic rings. The summed E-state index contributed by atoms with van der Waals surface area (Å²) < 4.78 is 16.3. The summed E-state index contributed by atoms with van der Waals surface area (Å²) in [7, 11) is 0. The maximum atomic E-state index is 13.4. The minimum Gasteiger partial charge on any atom is -0.324 e. The number of nitrogens with one attached hydrogen (secondary N) is 1. The van der Waals surface area contributed by atoms with Gasteiger partial charge in [-0.25, -0.2) is 14.1 Å². The Hall–Kier alpha value is -3.81. The minimum atomic E-state index is -0.528. The van der Waals surface area contributed by atoms with Gasteiger partial charge in [-0.15, -0.1) is 0 Å². The lowest BCUT2D eigenvalue weighted by atomic mass is 10.2. The van der Waals surface area contributed by atoms with Gasteiger partial charge in [0.05, 0.1) is 22.9 Å². The molecule has 28 heavy (non-hydrogen) atoms. The molecule has 140 valence electrons. The first kappa shape index (κ1) is 17.6. The first-order chi connectivity index (χ1) is 13.5. The smallest absolute Gasteiger partial charge is 0.261 e. The van der Waals surface area contributed by atoms with Crippen LogP contribution >= 0.6 is 0 Å². The van der Waals surface area contributed by atoms with Gasteiger partial charge < -0.3 is 5.32 Å². The molecule has 8 heteroatoms. The van der Waals surface area contributed by atoms with Crippen LogP contribution in [0.4, 0.5) is 10.1 Å². The van der Waals surface area contributed by atoms with Crippen LogP contribution < -0.4 is 10.9 Å². The van der Waals surface area contributed by atoms with Gasteiger partial charge in [0.1, 0.15) is 12.4 Å². The highest BCUT2D eigenvalue weighted by Gasteiger charge is 2.10. The molecule has 7 nitrogen and oxygen atoms in total. The van der Waals surface area contributed by atoms with E-state index < -0.39 is 17.3 Å². The molecule has 0 atom stereocenters. The number of fused-ring (bicyclic) bond motifs is 1. The SMILES string of the molecule is Cc1ccnn1-c1cccc(NC(=O)Cn2cnc3ccc(F)cc3c2=O)c1. The molecule has 2 aromatic heterocycles. The van der Waals surface area contributed by atoms with Crippen LogP contribution in [0.5, 0.6) is 0 Å². The van der Waals surface area contributed by atoms with E-state index in [0.29, 0.717) is 11.2 Å². The average Bonchev–Trinajstić information content (AvgIpc) is 3.10. The number of halogens is 1. The number of carbonyl (C=O) groups is 1. The Kier molecular flexibility index (Phi) is 4.44. The summed E-state index contributed by atoms with van der Waals surface area (Å²) >= 11 is 0. The highest BCUT2D eigenvalue weighted by Crippen LogP contribution is 2.16. The molecule has 0 radical (unpaired) electrons. The largest absolute Gasteiger partial charge is 0.324 e. The van der Waals surface area contributed by atoms with E-state index in [1.807, 2.05) is 19.1 Å². The van der Waals surface area contributed by atoms with Gasteiger partial charge in [-0.1, -0.05) is 6.07 Å². The number of anilines is 1. The van der Waals surface area contributed by atoms with Crippen molar-refractivity contribution in [2.24, 2.45) is 0 Å². The molecule has 4 aromatic rings. The molecule has 0 saturated heterocycles. The third-order valence-corrected chi connectivity index (χ3v) is 4.31. The van der Waals surface area contributed by atoms with E-state index in [-0.39, 0.29) is 11.9 Å². The van der Waals surface area contributed by atoms with E-state index in [1.54, 1.807) is 29.1 Å². The third kappa shape index (κ3) is 3.39. The molecule has 2 heterocycles. The van der Waals surface area contributed by atoms with Crippen LogP contribution in [-0.4, -0.2) is 25.2 Å². The lowest BCUT2D eigenvalue weighted by Gasteiger charge is -2.10. The van der Waals surface area contributed by atoms with Gasteiger partial charge in [0.2, 0.25) is 5.91 Å². The standard InChI is InChI=1S/C20H16FN5O2/c1-13-7-8-23-26(13)16-4-2-3-15(10-16)24-19(27)11-25-12-22-18-6-5-14(21)9-17(18)20(25)28/h2-10,12H,11H2,1H3,(H,24,27). The zero-order valence-corrected chi connectivity index (χ0v) is 15.0. The summed E-state index contributed by atoms with van der Waals surface area (Å²) in [6.07, 6.45) is 2.98. The summed E-state index contributed by atoms with van der Waals surface area (Å²) in [6.45, 7) is 1.70. The van der Waals surface area contributed by atoms with E-state index in [2.05, 4.69) is 15.4 Å². The van der Waals surface area contributed by atoms with Gasteiger partial charge in [-0.2, -0.15) is 5.10 Å². The van der Waals surface area contributed by atoms with Crippen molar-refractivity contribution < 1.29 is 9.18 Å². The van der Waals surface area contributed by atoms with Crippen LogP contribution in [0.3, 0.4) is 0 Å². The second-order valence-corrected chi connectivity index (χ2v) is 6.32. The third-order valence-electron chi connectivity index (χ3n) is 4.31. The Balaban J connectivity index is 1.55. The number of aromatic nitrogens is 4. The summed E-state index contributed by atoms with van der Waals surface area (Å²) in [5.41, 5.74) is 2.25. The highest BCUT2D eigenvalue weighted by molar-refractivity contribution is 5.91. The van der Waals surface area contributed by atoms with E-state index in [1.165, 1.54) is 18.5 Å². The quantitative estimate of drug-likeness (QED) is 0.593. The number of benzene rings is 2. The maximum Gasteiger partial charge on any atom is 0.261 e. The van der Waals surface area contributed by atoms with Gasteiger partial charge in [-0.3, -0.25) is 14.2 Å². The number of hydrogen-bond donors (Lipinski definition) is 1. The van der Waals surface area contributed by atoms with Gasteiger partial charge >= 0.3 is 0 Å². The van der Waals surface area contributed by atoms with Crippen LogP contribution in [0, 0.1) is 12.7 Å². The summed E-state index contributed by atoms with van der Waals surface area (Å²) in [5.74, 6) is -0.923. The van der Waals surface area contributed by atoms with Crippen LogP contribution in [-0.2, 0) is 11.3 Å². The second-order valence-electron chi connectivity index (χ2n) is 6.32. The Bertz CT molecular complexity index is 1240. The topological polar surface area (TPSA) is 81.8 Å². The van der Waals surface area contributed by atoms with Crippen molar-refractivity contribution in [2.75, 3.05) is 5.32 Å². The number of aryl methyl sites for hydroxylation is 1. The number of rotatable bonds is 4. The molecule has 0 fully saturated rings. The predicted molar refractivity (Wildman–Crippen MR) is 103 cm³/mol. The Labute approximate surface area is 159 Å². The molecular formula is C20H16FN5O2. The zero-order valence-electron chi connectivity index (χ0n) is 15.0. The molecule has 0 spiro atoms. The van der Waals surface area contributed by atoms with E-state index in [4.69, 9.17) is 0 Å². The lowest BCUT2D eigenvalue weighted by Crippen LogP contribution is -2.28. The fraction of sp³-hybridized carbons (Fsp3) is 0.100. The molecule has 0 saturated carbocycles. The monoisotopic (exact) mass is 377 g/mol. The molecule has 0 aliphatic heterocycles. The normalized spacial score (nSPS) is 10.9. The Morgan fingerprint density at radius 3 is 2.82 bits per heavy atom. The maximum absolute atomic E-state index is 13.4. The Morgan fingerprint density at radius 2 is 2.04 bits per heavy atom. The fourth-order valence-corrected chi connectivity index (χ4v) is 2.95. The Morgan fingerprint density at radius 1 is 1.18 bits per heavy atom. The predicted octanol–water partition coefficient (Wildman–Crippen LogP) is 2.67. The lowest BCUT2D eigenvalue weighted by molar-refractivity contribution is -0.116. The van der Waals surface area contributed by atoms with E-state index in [9.17, 15) is 14.0 Å². The molecule has 1 amide bonds. The zero-order chi connectivity index (χ0) is 19.7. The first-order valence-corrected chi connectivity index (χ1v) is 8.57. The summed E-state index contributed by atoms with van der Waals surface area (Å²) in [5, 5.41) is 7.13. The second kappa shape index (κ2) is 7.07. The van der Waals surface area contributed by atoms with E-state index >= 15 is 0 Å². The molecule has 1 N–H and O–H groups in total. The van der Waals surface area contributed by atoms with E-state index in [0.717, 1.165) is 22.0 Å². The molecule has 0 bridgehead atoms. The minimum absolute atomic E-state index is 0.131. The van der Waals surface area contributed by atoms with Gasteiger partial charge in [0.25, 0.3) is 5.56 Å². The molecule has 4 rings (SSSR count). The van der Waals surface area contributed by atoms with Crippen LogP contribution in [0.1, 0.15) is 5.69 Å². The van der Waals surface area contributed by atoms with Crippen LogP contribution in [0.25, 0.3) is 16.6 Å². The molecule has 0 aliphatic carbocycles. The number of amides is 1. The highest BCUT2D eigenvalue weighted by atomic mass is 19.1. The van der Waals surface area contributed by atoms with Gasteiger partial charge in [0.15, 0.2) is 0 Å². The van der Waals surface area contributed by atoms with Crippen molar-refractivity contribution in [3.8, 4) is 5.69 Å². The number of carbonyl (C=O) groups excluding carboxylic acids is 1. The van der Waals surface area contributed by atoms with Gasteiger partial charge in [0, 0.05) is 17.6 Å². The molecule has 0 unspecified atom stereocenters. The molecule has 2 aromatic carbocycles. The van der Waals surface area contributed by atoms with Crippen molar-refractivity contribution in [3.63, 3.8) is 0 Å². The van der Waals surface area contributed by atoms with Gasteiger partial charge in [-0.05, 0) is 49.4 Å². The summed E-state index contributed by atoms with van der Waals surface area (Å²) in [6, 6.07) is 12.9. The number of nitrogens with zero attached hydrogens (tertiary/aromatic N) is 4. The first-order valence-electron chi connectivity index (χ1n) is 8.57. The van der Waals surface area contributed by atoms with Crippen molar-refractivity contribution >= 4 is 22.5 Å². The van der Waals surface area contributed by atoms with Crippen molar-refractivity contribution in [1.29, 1.82) is 0 Å².